The van der Waals surface area contributed by atoms with Crippen LogP contribution >= 0.6 is 11.3 Å². The molecule has 0 aliphatic heterocycles. The minimum Gasteiger partial charge on any atom is -0.505 e. The number of likely N-dealkylation sites (N-methyl/N-ethyl adjacent to an activating group) is 1. The Bertz CT molecular complexity index is 968. The molecule has 39 heavy (non-hydrogen) atoms. The zero-order valence-electron chi connectivity index (χ0n) is 23.9. The topological polar surface area (TPSA) is 118 Å². The van der Waals surface area contributed by atoms with E-state index in [0.717, 1.165) is 17.4 Å². The number of thiazole rings is 1. The van der Waals surface area contributed by atoms with Gasteiger partial charge in [-0.3, -0.25) is 0 Å². The minimum atomic E-state index is -0.294. The minimum absolute atomic E-state index is 0.0118. The summed E-state index contributed by atoms with van der Waals surface area (Å²) in [6.45, 7) is 12.8. The molecule has 2 N–H and O–H groups in total. The summed E-state index contributed by atoms with van der Waals surface area (Å²) in [4.78, 5) is 2.13. The Hall–Kier alpha value is -2.19. The Balaban J connectivity index is 1.87. The van der Waals surface area contributed by atoms with Crippen molar-refractivity contribution in [3.05, 3.63) is 29.8 Å². The van der Waals surface area contributed by atoms with E-state index in [1.165, 1.54) is 11.3 Å². The number of azo groups is 1. The van der Waals surface area contributed by atoms with Crippen molar-refractivity contribution in [3.8, 4) is 5.75 Å². The standard InChI is InChI=1S/C27H44N4O7S/c1-6-31(22-7-8-24(25(33)19-22)28-29-26-30(5)9-18-39-26)20-23(21-38-27(2,3)4)37-17-16-36-15-14-35-13-12-34-11-10-32/h7-9,18-19,23,32H,6,10-17,20-21H2,1-5H3/p+1. The number of benzene rings is 1. The lowest BCUT2D eigenvalue weighted by molar-refractivity contribution is -0.654. The Morgan fingerprint density at radius 3 is 2.23 bits per heavy atom. The molecule has 0 fully saturated rings. The predicted octanol–water partition coefficient (Wildman–Crippen LogP) is 3.76. The first-order chi connectivity index (χ1) is 18.7. The fraction of sp³-hybridized carbons (Fsp3) is 0.667. The van der Waals surface area contributed by atoms with Crippen molar-refractivity contribution in [2.75, 3.05) is 77.5 Å². The molecule has 1 unspecified atom stereocenters. The van der Waals surface area contributed by atoms with Gasteiger partial charge in [-0.25, -0.2) is 4.57 Å². The van der Waals surface area contributed by atoms with Crippen molar-refractivity contribution in [1.82, 2.24) is 0 Å². The lowest BCUT2D eigenvalue weighted by atomic mass is 10.2. The van der Waals surface area contributed by atoms with Crippen LogP contribution < -0.4 is 9.47 Å². The number of nitrogens with zero attached hydrogens (tertiary/aromatic N) is 4. The van der Waals surface area contributed by atoms with Crippen LogP contribution in [-0.4, -0.2) is 94.5 Å². The number of aromatic hydroxyl groups is 1. The molecule has 2 rings (SSSR count). The van der Waals surface area contributed by atoms with Crippen LogP contribution in [0.4, 0.5) is 16.5 Å². The van der Waals surface area contributed by atoms with E-state index >= 15 is 0 Å². The number of anilines is 1. The molecule has 1 atom stereocenters. The van der Waals surface area contributed by atoms with Crippen LogP contribution in [0.3, 0.4) is 0 Å². The average molecular weight is 570 g/mol. The summed E-state index contributed by atoms with van der Waals surface area (Å²) in [7, 11) is 1.90. The van der Waals surface area contributed by atoms with Gasteiger partial charge in [-0.2, -0.15) is 0 Å². The molecule has 220 valence electrons. The van der Waals surface area contributed by atoms with E-state index in [9.17, 15) is 5.11 Å². The van der Waals surface area contributed by atoms with Crippen LogP contribution in [0.5, 0.6) is 5.75 Å². The fourth-order valence-electron chi connectivity index (χ4n) is 3.35. The highest BCUT2D eigenvalue weighted by Crippen LogP contribution is 2.32. The van der Waals surface area contributed by atoms with Gasteiger partial charge < -0.3 is 38.8 Å². The second-order valence-corrected chi connectivity index (χ2v) is 10.6. The predicted molar refractivity (Wildman–Crippen MR) is 151 cm³/mol. The first-order valence-electron chi connectivity index (χ1n) is 13.3. The highest BCUT2D eigenvalue weighted by molar-refractivity contribution is 7.12. The third-order valence-corrected chi connectivity index (χ3v) is 6.23. The molecule has 12 heteroatoms. The van der Waals surface area contributed by atoms with Crippen LogP contribution in [0.1, 0.15) is 27.7 Å². The SMILES string of the molecule is CCN(CC(COC(C)(C)C)OCCOCCOCCOCCO)c1ccc(/N=N/c2scc[n+]2C)c(O)c1. The summed E-state index contributed by atoms with van der Waals surface area (Å²) in [5.74, 6) is 0.0629. The Morgan fingerprint density at radius 2 is 1.67 bits per heavy atom. The lowest BCUT2D eigenvalue weighted by Gasteiger charge is -2.30. The summed E-state index contributed by atoms with van der Waals surface area (Å²) in [5, 5.41) is 30.4. The monoisotopic (exact) mass is 569 g/mol. The first kappa shape index (κ1) is 33.0. The summed E-state index contributed by atoms with van der Waals surface area (Å²) < 4.78 is 30.2. The van der Waals surface area contributed by atoms with Gasteiger partial charge in [0.05, 0.1) is 83.3 Å². The lowest BCUT2D eigenvalue weighted by Crippen LogP contribution is -2.39. The van der Waals surface area contributed by atoms with E-state index < -0.39 is 0 Å². The van der Waals surface area contributed by atoms with Crippen molar-refractivity contribution in [3.63, 3.8) is 0 Å². The molecule has 0 radical (unpaired) electrons. The molecule has 11 nitrogen and oxygen atoms in total. The molecule has 0 spiro atoms. The molecule has 0 saturated heterocycles. The van der Waals surface area contributed by atoms with Crippen LogP contribution in [-0.2, 0) is 30.7 Å². The van der Waals surface area contributed by atoms with Crippen molar-refractivity contribution < 1.29 is 38.5 Å². The zero-order chi connectivity index (χ0) is 28.5. The third-order valence-electron chi connectivity index (χ3n) is 5.40. The van der Waals surface area contributed by atoms with E-state index in [0.29, 0.717) is 65.1 Å². The smallest absolute Gasteiger partial charge is 0.408 e. The van der Waals surface area contributed by atoms with E-state index in [1.807, 2.05) is 50.0 Å². The number of aromatic nitrogens is 1. The first-order valence-corrected chi connectivity index (χ1v) is 14.1. The van der Waals surface area contributed by atoms with Crippen LogP contribution in [0.15, 0.2) is 40.0 Å². The van der Waals surface area contributed by atoms with Crippen LogP contribution in [0, 0.1) is 0 Å². The molecule has 0 aliphatic carbocycles. The second kappa shape index (κ2) is 18.2. The summed E-state index contributed by atoms with van der Waals surface area (Å²) in [6.07, 6.45) is 1.71. The Morgan fingerprint density at radius 1 is 1.00 bits per heavy atom. The highest BCUT2D eigenvalue weighted by Gasteiger charge is 2.20. The molecule has 1 heterocycles. The van der Waals surface area contributed by atoms with Gasteiger partial charge in [0.1, 0.15) is 11.9 Å². The summed E-state index contributed by atoms with van der Waals surface area (Å²) >= 11 is 1.48. The molecular weight excluding hydrogens is 524 g/mol. The van der Waals surface area contributed by atoms with Crippen LogP contribution in [0.25, 0.3) is 0 Å². The molecular formula is C27H45N4O7S+. The maximum atomic E-state index is 10.6. The van der Waals surface area contributed by atoms with E-state index in [2.05, 4.69) is 22.1 Å². The Kier molecular flexibility index (Phi) is 15.4. The van der Waals surface area contributed by atoms with Gasteiger partial charge in [-0.1, -0.05) is 0 Å². The van der Waals surface area contributed by atoms with Gasteiger partial charge in [0, 0.05) is 30.2 Å². The molecule has 2 aromatic rings. The van der Waals surface area contributed by atoms with Gasteiger partial charge in [0.25, 0.3) is 0 Å². The number of aliphatic hydroxyl groups excluding tert-OH is 1. The van der Waals surface area contributed by atoms with Crippen molar-refractivity contribution >= 4 is 27.8 Å². The Labute approximate surface area is 235 Å². The van der Waals surface area contributed by atoms with Gasteiger partial charge in [0.15, 0.2) is 5.69 Å². The third kappa shape index (κ3) is 13.6. The molecule has 1 aromatic carbocycles. The second-order valence-electron chi connectivity index (χ2n) is 9.69. The highest BCUT2D eigenvalue weighted by atomic mass is 32.1. The van der Waals surface area contributed by atoms with E-state index in [4.69, 9.17) is 28.8 Å². The van der Waals surface area contributed by atoms with E-state index in [1.54, 1.807) is 12.1 Å². The molecule has 0 saturated carbocycles. The quantitative estimate of drug-likeness (QED) is 0.141. The molecule has 0 amide bonds. The van der Waals surface area contributed by atoms with Gasteiger partial charge in [-0.05, 0) is 56.3 Å². The number of aliphatic hydroxyl groups is 1. The van der Waals surface area contributed by atoms with Crippen LogP contribution in [0.2, 0.25) is 0 Å². The summed E-state index contributed by atoms with van der Waals surface area (Å²) in [5.41, 5.74) is 0.972. The molecule has 0 bridgehead atoms. The fourth-order valence-corrected chi connectivity index (χ4v) is 4.03. The number of aryl methyl sites for hydroxylation is 1. The maximum Gasteiger partial charge on any atom is 0.408 e. The zero-order valence-corrected chi connectivity index (χ0v) is 24.7. The maximum absolute atomic E-state index is 10.6. The van der Waals surface area contributed by atoms with E-state index in [-0.39, 0.29) is 24.1 Å². The van der Waals surface area contributed by atoms with Crippen molar-refractivity contribution in [2.24, 2.45) is 17.3 Å². The normalized spacial score (nSPS) is 12.9. The van der Waals surface area contributed by atoms with Gasteiger partial charge in [-0.15, -0.1) is 0 Å². The van der Waals surface area contributed by atoms with Crippen molar-refractivity contribution in [2.45, 2.75) is 39.4 Å². The number of ether oxygens (including phenoxy) is 5. The van der Waals surface area contributed by atoms with Gasteiger partial charge >= 0.3 is 5.13 Å². The summed E-state index contributed by atoms with van der Waals surface area (Å²) in [6, 6.07) is 5.39. The van der Waals surface area contributed by atoms with Crippen molar-refractivity contribution in [1.29, 1.82) is 0 Å². The number of phenolic OH excluding ortho intramolecular Hbond substituents is 1. The molecule has 0 aliphatic rings. The number of hydrogen-bond donors (Lipinski definition) is 2. The number of phenols is 1. The van der Waals surface area contributed by atoms with Gasteiger partial charge in [0.2, 0.25) is 0 Å². The largest absolute Gasteiger partial charge is 0.505 e. The molecule has 1 aromatic heterocycles. The average Bonchev–Trinajstić information content (AvgIpc) is 3.31. The number of rotatable bonds is 20. The number of hydrogen-bond acceptors (Lipinski definition) is 11.